The molecule has 0 saturated carbocycles. The fraction of sp³-hybridized carbons (Fsp3) is 0.154. The topological polar surface area (TPSA) is 44.7 Å². The Kier molecular flexibility index (Phi) is 7.50. The number of allylic oxidation sites excluding steroid dienone is 1. The summed E-state index contributed by atoms with van der Waals surface area (Å²) in [5.74, 6) is 0. The van der Waals surface area contributed by atoms with E-state index in [1.54, 1.807) is 24.3 Å². The lowest BCUT2D eigenvalue weighted by atomic mass is 9.72. The van der Waals surface area contributed by atoms with E-state index < -0.39 is 28.2 Å². The standard InChI is InChI=1S/C26H19BrCl2F3N3O/c1-16(28)14-25(18-5-3-2-4-6-18)15-35(24(36)33-20-10-8-19(27)9-11-20)34-23(25)17-7-12-21(22(29)13-17)26(30,31)32/h2-13H,1,14-15H2,(H,33,36). The number of rotatable bonds is 5. The van der Waals surface area contributed by atoms with Gasteiger partial charge in [-0.2, -0.15) is 18.3 Å². The van der Waals surface area contributed by atoms with Gasteiger partial charge in [0.1, 0.15) is 0 Å². The quantitative estimate of drug-likeness (QED) is 0.315. The van der Waals surface area contributed by atoms with Gasteiger partial charge in [-0.25, -0.2) is 9.80 Å². The molecule has 0 fully saturated rings. The number of hydrogen-bond acceptors (Lipinski definition) is 2. The molecule has 0 spiro atoms. The number of amides is 2. The second kappa shape index (κ2) is 10.3. The molecule has 0 radical (unpaired) electrons. The zero-order valence-corrected chi connectivity index (χ0v) is 21.7. The molecule has 36 heavy (non-hydrogen) atoms. The first-order valence-corrected chi connectivity index (χ1v) is 12.2. The van der Waals surface area contributed by atoms with Crippen molar-refractivity contribution in [3.8, 4) is 0 Å². The Morgan fingerprint density at radius 2 is 1.78 bits per heavy atom. The van der Waals surface area contributed by atoms with Gasteiger partial charge < -0.3 is 5.32 Å². The first-order chi connectivity index (χ1) is 17.0. The lowest BCUT2D eigenvalue weighted by molar-refractivity contribution is -0.137. The van der Waals surface area contributed by atoms with Crippen LogP contribution >= 0.6 is 39.1 Å². The molecule has 186 valence electrons. The van der Waals surface area contributed by atoms with Crippen LogP contribution in [0.25, 0.3) is 0 Å². The van der Waals surface area contributed by atoms with Gasteiger partial charge in [0.25, 0.3) is 0 Å². The molecule has 1 unspecified atom stereocenters. The van der Waals surface area contributed by atoms with E-state index in [4.69, 9.17) is 23.2 Å². The fourth-order valence-corrected chi connectivity index (χ4v) is 4.98. The molecule has 3 aromatic carbocycles. The predicted molar refractivity (Wildman–Crippen MR) is 141 cm³/mol. The summed E-state index contributed by atoms with van der Waals surface area (Å²) >= 11 is 15.7. The minimum atomic E-state index is -4.61. The van der Waals surface area contributed by atoms with Gasteiger partial charge in [-0.05, 0) is 48.4 Å². The van der Waals surface area contributed by atoms with E-state index in [2.05, 4.69) is 32.9 Å². The number of benzene rings is 3. The number of carbonyl (C=O) groups excluding carboxylic acids is 1. The summed E-state index contributed by atoms with van der Waals surface area (Å²) in [4.78, 5) is 13.2. The third kappa shape index (κ3) is 5.45. The Labute approximate surface area is 224 Å². The maximum Gasteiger partial charge on any atom is 0.417 e. The van der Waals surface area contributed by atoms with Crippen LogP contribution in [0.4, 0.5) is 23.7 Å². The normalized spacial score (nSPS) is 17.6. The van der Waals surface area contributed by atoms with E-state index in [0.717, 1.165) is 16.1 Å². The molecule has 3 aromatic rings. The molecule has 1 aliphatic heterocycles. The number of halogens is 6. The first kappa shape index (κ1) is 26.3. The van der Waals surface area contributed by atoms with Crippen LogP contribution in [-0.4, -0.2) is 23.3 Å². The summed E-state index contributed by atoms with van der Waals surface area (Å²) in [6.07, 6.45) is -4.41. The summed E-state index contributed by atoms with van der Waals surface area (Å²) in [7, 11) is 0. The zero-order valence-electron chi connectivity index (χ0n) is 18.6. The van der Waals surface area contributed by atoms with Crippen LogP contribution in [0.1, 0.15) is 23.1 Å². The molecule has 2 amide bonds. The van der Waals surface area contributed by atoms with Gasteiger partial charge in [-0.15, -0.1) is 0 Å². The van der Waals surface area contributed by atoms with Gasteiger partial charge >= 0.3 is 12.2 Å². The number of alkyl halides is 3. The summed E-state index contributed by atoms with van der Waals surface area (Å²) in [6, 6.07) is 19.2. The highest BCUT2D eigenvalue weighted by Gasteiger charge is 2.47. The lowest BCUT2D eigenvalue weighted by Gasteiger charge is -2.31. The van der Waals surface area contributed by atoms with Crippen molar-refractivity contribution in [3.05, 3.63) is 111 Å². The van der Waals surface area contributed by atoms with Crippen LogP contribution in [0.15, 0.2) is 94.0 Å². The van der Waals surface area contributed by atoms with Crippen LogP contribution in [0, 0.1) is 0 Å². The number of carbonyl (C=O) groups is 1. The molecular formula is C26H19BrCl2F3N3O. The van der Waals surface area contributed by atoms with Gasteiger partial charge in [-0.1, -0.05) is 82.1 Å². The molecule has 0 aromatic heterocycles. The Balaban J connectivity index is 1.81. The average molecular weight is 597 g/mol. The van der Waals surface area contributed by atoms with Crippen molar-refractivity contribution >= 4 is 56.6 Å². The number of hydrazone groups is 1. The van der Waals surface area contributed by atoms with Crippen molar-refractivity contribution in [2.45, 2.75) is 18.0 Å². The summed E-state index contributed by atoms with van der Waals surface area (Å²) in [6.45, 7) is 3.92. The summed E-state index contributed by atoms with van der Waals surface area (Å²) < 4.78 is 40.9. The van der Waals surface area contributed by atoms with Crippen LogP contribution in [0.3, 0.4) is 0 Å². The highest BCUT2D eigenvalue weighted by Crippen LogP contribution is 2.43. The first-order valence-electron chi connectivity index (χ1n) is 10.7. The highest BCUT2D eigenvalue weighted by atomic mass is 79.9. The maximum absolute atomic E-state index is 13.3. The molecule has 1 heterocycles. The molecule has 1 aliphatic rings. The third-order valence-corrected chi connectivity index (χ3v) is 6.77. The minimum Gasteiger partial charge on any atom is -0.306 e. The molecule has 4 nitrogen and oxygen atoms in total. The van der Waals surface area contributed by atoms with Gasteiger partial charge in [0.05, 0.1) is 28.3 Å². The van der Waals surface area contributed by atoms with E-state index in [9.17, 15) is 18.0 Å². The van der Waals surface area contributed by atoms with Crippen LogP contribution in [0.2, 0.25) is 5.02 Å². The largest absolute Gasteiger partial charge is 0.417 e. The van der Waals surface area contributed by atoms with Crippen molar-refractivity contribution in [1.82, 2.24) is 5.01 Å². The molecule has 0 bridgehead atoms. The molecule has 10 heteroatoms. The number of nitrogens with one attached hydrogen (secondary N) is 1. The molecule has 4 rings (SSSR count). The highest BCUT2D eigenvalue weighted by molar-refractivity contribution is 9.10. The third-order valence-electron chi connectivity index (χ3n) is 5.79. The Hall–Kier alpha value is -2.81. The van der Waals surface area contributed by atoms with Gasteiger partial charge in [0.2, 0.25) is 0 Å². The van der Waals surface area contributed by atoms with Crippen LogP contribution in [0.5, 0.6) is 0 Å². The van der Waals surface area contributed by atoms with Gasteiger partial charge in [-0.3, -0.25) is 0 Å². The summed E-state index contributed by atoms with van der Waals surface area (Å²) in [5.41, 5.74) is 0.103. The number of anilines is 1. The van der Waals surface area contributed by atoms with Crippen LogP contribution in [-0.2, 0) is 11.6 Å². The Morgan fingerprint density at radius 1 is 1.11 bits per heavy atom. The second-order valence-electron chi connectivity index (χ2n) is 8.28. The zero-order chi connectivity index (χ0) is 26.1. The molecule has 1 atom stereocenters. The lowest BCUT2D eigenvalue weighted by Crippen LogP contribution is -2.41. The van der Waals surface area contributed by atoms with Crippen molar-refractivity contribution in [3.63, 3.8) is 0 Å². The maximum atomic E-state index is 13.3. The van der Waals surface area contributed by atoms with E-state index in [1.165, 1.54) is 17.1 Å². The average Bonchev–Trinajstić information content (AvgIpc) is 3.20. The van der Waals surface area contributed by atoms with Crippen LogP contribution < -0.4 is 5.32 Å². The van der Waals surface area contributed by atoms with E-state index >= 15 is 0 Å². The summed E-state index contributed by atoms with van der Waals surface area (Å²) in [5, 5.41) is 8.46. The Morgan fingerprint density at radius 3 is 2.36 bits per heavy atom. The fourth-order valence-electron chi connectivity index (χ4n) is 4.20. The van der Waals surface area contributed by atoms with Crippen molar-refractivity contribution < 1.29 is 18.0 Å². The minimum absolute atomic E-state index is 0.0824. The Bertz CT molecular complexity index is 1330. The SMILES string of the molecule is C=C(Cl)CC1(c2ccccc2)CN(C(=O)Nc2ccc(Br)cc2)N=C1c1ccc(C(F)(F)F)c(Cl)c1. The number of hydrogen-bond donors (Lipinski definition) is 1. The van der Waals surface area contributed by atoms with E-state index in [-0.39, 0.29) is 13.0 Å². The van der Waals surface area contributed by atoms with Crippen molar-refractivity contribution in [1.29, 1.82) is 0 Å². The molecular weight excluding hydrogens is 578 g/mol. The predicted octanol–water partition coefficient (Wildman–Crippen LogP) is 8.45. The monoisotopic (exact) mass is 595 g/mol. The van der Waals surface area contributed by atoms with Gasteiger partial charge in [0, 0.05) is 20.8 Å². The van der Waals surface area contributed by atoms with Crippen molar-refractivity contribution in [2.24, 2.45) is 5.10 Å². The van der Waals surface area contributed by atoms with E-state index in [0.29, 0.717) is 22.0 Å². The number of urea groups is 1. The van der Waals surface area contributed by atoms with Crippen molar-refractivity contribution in [2.75, 3.05) is 11.9 Å². The molecule has 0 saturated heterocycles. The van der Waals surface area contributed by atoms with E-state index in [1.807, 2.05) is 30.3 Å². The second-order valence-corrected chi connectivity index (χ2v) is 10.1. The van der Waals surface area contributed by atoms with Gasteiger partial charge in [0.15, 0.2) is 0 Å². The molecule has 0 aliphatic carbocycles. The number of nitrogens with zero attached hydrogens (tertiary/aromatic N) is 2. The molecule has 1 N–H and O–H groups in total. The smallest absolute Gasteiger partial charge is 0.306 e.